The van der Waals surface area contributed by atoms with Gasteiger partial charge in [0.25, 0.3) is 0 Å². The molecule has 0 radical (unpaired) electrons. The van der Waals surface area contributed by atoms with Crippen molar-refractivity contribution in [3.8, 4) is 0 Å². The largest absolute Gasteiger partial charge is 0.469 e. The number of nitrogens with zero attached hydrogens (tertiary/aromatic N) is 1. The topological polar surface area (TPSA) is 83.8 Å². The highest BCUT2D eigenvalue weighted by Gasteiger charge is 2.37. The molecule has 0 N–H and O–H groups in total. The van der Waals surface area contributed by atoms with Crippen LogP contribution in [0.4, 0.5) is 0 Å². The second kappa shape index (κ2) is 6.05. The Labute approximate surface area is 127 Å². The Bertz CT molecular complexity index is 670. The van der Waals surface area contributed by atoms with Crippen molar-refractivity contribution in [3.63, 3.8) is 0 Å². The lowest BCUT2D eigenvalue weighted by Crippen LogP contribution is -2.20. The number of aromatic nitrogens is 1. The van der Waals surface area contributed by atoms with Gasteiger partial charge in [0.2, 0.25) is 0 Å². The first-order valence-corrected chi connectivity index (χ1v) is 6.61. The molecular weight excluding hydrogens is 290 g/mol. The summed E-state index contributed by atoms with van der Waals surface area (Å²) in [6.07, 6.45) is 3.94. The van der Waals surface area contributed by atoms with Crippen molar-refractivity contribution < 1.29 is 28.6 Å². The molecule has 0 saturated carbocycles. The van der Waals surface area contributed by atoms with Gasteiger partial charge in [0.1, 0.15) is 5.69 Å². The van der Waals surface area contributed by atoms with Crippen LogP contribution in [-0.2, 0) is 26.1 Å². The highest BCUT2D eigenvalue weighted by molar-refractivity contribution is 6.06. The van der Waals surface area contributed by atoms with Gasteiger partial charge in [0.15, 0.2) is 0 Å². The van der Waals surface area contributed by atoms with Crippen LogP contribution < -0.4 is 0 Å². The number of fused-ring (bicyclic) bond motifs is 1. The highest BCUT2D eigenvalue weighted by Crippen LogP contribution is 2.37. The number of carbonyl (C=O) groups excluding carboxylic acids is 3. The molecule has 118 valence electrons. The van der Waals surface area contributed by atoms with E-state index in [0.717, 1.165) is 0 Å². The predicted molar refractivity (Wildman–Crippen MR) is 76.5 cm³/mol. The molecule has 1 aromatic heterocycles. The Kier molecular flexibility index (Phi) is 4.35. The van der Waals surface area contributed by atoms with E-state index in [2.05, 4.69) is 0 Å². The first-order valence-electron chi connectivity index (χ1n) is 6.61. The molecule has 1 aromatic rings. The molecule has 0 amide bonds. The van der Waals surface area contributed by atoms with Crippen LogP contribution in [0.5, 0.6) is 0 Å². The fourth-order valence-corrected chi connectivity index (χ4v) is 2.71. The quantitative estimate of drug-likeness (QED) is 0.617. The van der Waals surface area contributed by atoms with Crippen molar-refractivity contribution in [2.45, 2.75) is 12.3 Å². The number of methoxy groups -OCH3 is 3. The predicted octanol–water partition coefficient (Wildman–Crippen LogP) is 1.27. The van der Waals surface area contributed by atoms with E-state index in [4.69, 9.17) is 14.2 Å². The van der Waals surface area contributed by atoms with E-state index in [1.54, 1.807) is 19.2 Å². The molecule has 0 spiro atoms. The second-order valence-electron chi connectivity index (χ2n) is 4.78. The van der Waals surface area contributed by atoms with Crippen LogP contribution in [0.2, 0.25) is 0 Å². The Hall–Kier alpha value is -2.57. The average molecular weight is 307 g/mol. The number of ether oxygens (including phenoxy) is 3. The number of esters is 3. The number of hydrogen-bond acceptors (Lipinski definition) is 6. The summed E-state index contributed by atoms with van der Waals surface area (Å²) in [6, 6.07) is 0. The summed E-state index contributed by atoms with van der Waals surface area (Å²) in [4.78, 5) is 36.2. The molecule has 1 unspecified atom stereocenters. The summed E-state index contributed by atoms with van der Waals surface area (Å²) >= 11 is 0. The minimum atomic E-state index is -0.693. The van der Waals surface area contributed by atoms with Crippen molar-refractivity contribution in [2.24, 2.45) is 7.05 Å². The van der Waals surface area contributed by atoms with Crippen LogP contribution in [0.3, 0.4) is 0 Å². The lowest BCUT2D eigenvalue weighted by Gasteiger charge is -2.18. The van der Waals surface area contributed by atoms with Crippen molar-refractivity contribution in [1.82, 2.24) is 4.57 Å². The maximum Gasteiger partial charge on any atom is 0.355 e. The third kappa shape index (κ3) is 2.28. The molecule has 7 heteroatoms. The lowest BCUT2D eigenvalue weighted by atomic mass is 9.88. The highest BCUT2D eigenvalue weighted by atomic mass is 16.5. The van der Waals surface area contributed by atoms with Crippen LogP contribution in [-0.4, -0.2) is 43.8 Å². The average Bonchev–Trinajstić information content (AvgIpc) is 2.85. The molecule has 1 aliphatic carbocycles. The Morgan fingerprint density at radius 1 is 1.09 bits per heavy atom. The van der Waals surface area contributed by atoms with Crippen LogP contribution in [0, 0.1) is 0 Å². The van der Waals surface area contributed by atoms with Gasteiger partial charge in [-0.25, -0.2) is 9.59 Å². The maximum atomic E-state index is 12.2. The monoisotopic (exact) mass is 307 g/mol. The number of rotatable bonds is 3. The van der Waals surface area contributed by atoms with E-state index in [1.807, 2.05) is 0 Å². The van der Waals surface area contributed by atoms with Crippen molar-refractivity contribution in [2.75, 3.05) is 21.3 Å². The molecule has 22 heavy (non-hydrogen) atoms. The Morgan fingerprint density at radius 3 is 2.27 bits per heavy atom. The molecule has 0 aromatic carbocycles. The fourth-order valence-electron chi connectivity index (χ4n) is 2.71. The van der Waals surface area contributed by atoms with Crippen molar-refractivity contribution in [1.29, 1.82) is 0 Å². The summed E-state index contributed by atoms with van der Waals surface area (Å²) in [7, 11) is 5.35. The van der Waals surface area contributed by atoms with Crippen LogP contribution in [0.1, 0.15) is 44.4 Å². The van der Waals surface area contributed by atoms with Gasteiger partial charge in [0, 0.05) is 18.3 Å². The van der Waals surface area contributed by atoms with Gasteiger partial charge in [0.05, 0.1) is 32.8 Å². The van der Waals surface area contributed by atoms with Gasteiger partial charge in [-0.3, -0.25) is 4.79 Å². The van der Waals surface area contributed by atoms with E-state index in [9.17, 15) is 14.4 Å². The maximum absolute atomic E-state index is 12.2. The molecule has 0 fully saturated rings. The van der Waals surface area contributed by atoms with E-state index in [1.165, 1.54) is 25.9 Å². The summed E-state index contributed by atoms with van der Waals surface area (Å²) in [5, 5.41) is 0. The lowest BCUT2D eigenvalue weighted by molar-refractivity contribution is -0.142. The number of allylic oxidation sites excluding steroid dienone is 1. The fraction of sp³-hybridized carbons (Fsp3) is 0.400. The van der Waals surface area contributed by atoms with Crippen LogP contribution in [0.25, 0.3) is 6.08 Å². The summed E-state index contributed by atoms with van der Waals surface area (Å²) in [5.41, 5.74) is 1.12. The normalized spacial score (nSPS) is 15.9. The van der Waals surface area contributed by atoms with E-state index < -0.39 is 23.8 Å². The Balaban J connectivity index is 2.78. The Morgan fingerprint density at radius 2 is 1.73 bits per heavy atom. The second-order valence-corrected chi connectivity index (χ2v) is 4.78. The third-order valence-corrected chi connectivity index (χ3v) is 3.73. The van der Waals surface area contributed by atoms with E-state index in [0.29, 0.717) is 17.7 Å². The first-order chi connectivity index (χ1) is 10.5. The molecule has 1 aliphatic rings. The number of hydrogen-bond donors (Lipinski definition) is 0. The zero-order valence-electron chi connectivity index (χ0n) is 12.8. The van der Waals surface area contributed by atoms with Crippen LogP contribution in [0.15, 0.2) is 6.08 Å². The van der Waals surface area contributed by atoms with Crippen molar-refractivity contribution in [3.05, 3.63) is 28.6 Å². The first kappa shape index (κ1) is 15.8. The summed E-state index contributed by atoms with van der Waals surface area (Å²) < 4.78 is 15.8. The van der Waals surface area contributed by atoms with Gasteiger partial charge in [-0.1, -0.05) is 6.08 Å². The van der Waals surface area contributed by atoms with E-state index >= 15 is 0 Å². The van der Waals surface area contributed by atoms with E-state index in [-0.39, 0.29) is 11.3 Å². The molecule has 1 heterocycles. The molecule has 0 saturated heterocycles. The summed E-state index contributed by atoms with van der Waals surface area (Å²) in [6.45, 7) is 0. The smallest absolute Gasteiger partial charge is 0.355 e. The van der Waals surface area contributed by atoms with Gasteiger partial charge in [-0.05, 0) is 12.5 Å². The zero-order valence-corrected chi connectivity index (χ0v) is 12.8. The summed E-state index contributed by atoms with van der Waals surface area (Å²) in [5.74, 6) is -2.50. The zero-order chi connectivity index (χ0) is 16.4. The standard InChI is InChI=1S/C15H17NO6/c1-16-9-7-5-6-8(13(17)20-2)10(9)11(14(18)21-3)12(16)15(19)22-4/h5,7-8H,6H2,1-4H3. The SMILES string of the molecule is COC(=O)c1c2c(n(C)c1C(=O)OC)C=CCC2C(=O)OC. The van der Waals surface area contributed by atoms with Gasteiger partial charge in [-0.2, -0.15) is 0 Å². The van der Waals surface area contributed by atoms with Gasteiger partial charge < -0.3 is 18.8 Å². The minimum absolute atomic E-state index is 0.0478. The molecule has 0 bridgehead atoms. The molecule has 0 aliphatic heterocycles. The molecule has 2 rings (SSSR count). The molecular formula is C15H17NO6. The molecule has 7 nitrogen and oxygen atoms in total. The van der Waals surface area contributed by atoms with Gasteiger partial charge in [-0.15, -0.1) is 0 Å². The third-order valence-electron chi connectivity index (χ3n) is 3.73. The molecule has 1 atom stereocenters. The van der Waals surface area contributed by atoms with Gasteiger partial charge >= 0.3 is 17.9 Å². The minimum Gasteiger partial charge on any atom is -0.469 e. The van der Waals surface area contributed by atoms with Crippen LogP contribution >= 0.6 is 0 Å². The number of carbonyl (C=O) groups is 3. The van der Waals surface area contributed by atoms with Crippen molar-refractivity contribution >= 4 is 24.0 Å².